The van der Waals surface area contributed by atoms with Gasteiger partial charge in [-0.2, -0.15) is 0 Å². The molecule has 0 aliphatic carbocycles. The van der Waals surface area contributed by atoms with Gasteiger partial charge in [0.05, 0.1) is 11.9 Å². The van der Waals surface area contributed by atoms with E-state index in [0.29, 0.717) is 11.8 Å². The van der Waals surface area contributed by atoms with E-state index in [0.717, 1.165) is 33.8 Å². The van der Waals surface area contributed by atoms with E-state index in [9.17, 15) is 22.0 Å². The lowest BCUT2D eigenvalue weighted by Crippen LogP contribution is -2.33. The molecule has 8 heteroatoms. The average molecular weight is 382 g/mol. The van der Waals surface area contributed by atoms with E-state index in [1.807, 2.05) is 32.0 Å². The van der Waals surface area contributed by atoms with Crippen LogP contribution in [-0.2, 0) is 14.8 Å². The fourth-order valence-corrected chi connectivity index (χ4v) is 3.49. The standard InChI is InChI=1S/C18H20F2N2O3S/c1-12-5-4-6-13(2)18(12)21-17(23)9-10-22(26(3,24)25)16-8-7-14(19)11-15(16)20/h4-8,11H,9-10H2,1-3H3,(H,21,23). The number of para-hydroxylation sites is 1. The lowest BCUT2D eigenvalue weighted by molar-refractivity contribution is -0.116. The van der Waals surface area contributed by atoms with Gasteiger partial charge >= 0.3 is 0 Å². The molecule has 2 aromatic carbocycles. The molecule has 0 aliphatic rings. The fraction of sp³-hybridized carbons (Fsp3) is 0.278. The maximum atomic E-state index is 14.0. The summed E-state index contributed by atoms with van der Waals surface area (Å²) >= 11 is 0. The number of nitrogens with one attached hydrogen (secondary N) is 1. The summed E-state index contributed by atoms with van der Waals surface area (Å²) in [5.41, 5.74) is 2.12. The minimum absolute atomic E-state index is 0.183. The predicted octanol–water partition coefficient (Wildman–Crippen LogP) is 3.38. The van der Waals surface area contributed by atoms with E-state index in [1.165, 1.54) is 0 Å². The minimum atomic E-state index is -3.85. The molecule has 0 fully saturated rings. The van der Waals surface area contributed by atoms with Crippen LogP contribution in [0.25, 0.3) is 0 Å². The molecule has 2 aromatic rings. The number of carbonyl (C=O) groups excluding carboxylic acids is 1. The van der Waals surface area contributed by atoms with Crippen molar-refractivity contribution in [3.8, 4) is 0 Å². The first kappa shape index (κ1) is 19.8. The van der Waals surface area contributed by atoms with E-state index in [4.69, 9.17) is 0 Å². The zero-order valence-corrected chi connectivity index (χ0v) is 15.5. The molecular formula is C18H20F2N2O3S. The van der Waals surface area contributed by atoms with Crippen molar-refractivity contribution >= 4 is 27.3 Å². The van der Waals surface area contributed by atoms with Gasteiger partial charge in [-0.15, -0.1) is 0 Å². The average Bonchev–Trinajstić information content (AvgIpc) is 2.52. The molecule has 0 unspecified atom stereocenters. The first-order valence-corrected chi connectivity index (χ1v) is 9.73. The van der Waals surface area contributed by atoms with Crippen LogP contribution >= 0.6 is 0 Å². The summed E-state index contributed by atoms with van der Waals surface area (Å²) in [6.07, 6.45) is 0.719. The highest BCUT2D eigenvalue weighted by Gasteiger charge is 2.22. The van der Waals surface area contributed by atoms with Crippen LogP contribution in [0.4, 0.5) is 20.2 Å². The molecule has 0 bridgehead atoms. The molecule has 0 radical (unpaired) electrons. The summed E-state index contributed by atoms with van der Waals surface area (Å²) in [5.74, 6) is -2.23. The Morgan fingerprint density at radius 2 is 1.73 bits per heavy atom. The quantitative estimate of drug-likeness (QED) is 0.833. The highest BCUT2D eigenvalue weighted by atomic mass is 32.2. The Hall–Kier alpha value is -2.48. The van der Waals surface area contributed by atoms with Gasteiger partial charge < -0.3 is 5.32 Å². The van der Waals surface area contributed by atoms with Crippen LogP contribution in [0, 0.1) is 25.5 Å². The Balaban J connectivity index is 2.16. The van der Waals surface area contributed by atoms with Crippen molar-refractivity contribution in [3.05, 3.63) is 59.2 Å². The van der Waals surface area contributed by atoms with Crippen LogP contribution in [0.2, 0.25) is 0 Å². The van der Waals surface area contributed by atoms with Crippen molar-refractivity contribution in [1.82, 2.24) is 0 Å². The topological polar surface area (TPSA) is 66.5 Å². The van der Waals surface area contributed by atoms with Crippen LogP contribution < -0.4 is 9.62 Å². The van der Waals surface area contributed by atoms with Crippen molar-refractivity contribution in [2.45, 2.75) is 20.3 Å². The number of nitrogens with zero attached hydrogens (tertiary/aromatic N) is 1. The van der Waals surface area contributed by atoms with Gasteiger partial charge in [-0.1, -0.05) is 18.2 Å². The second-order valence-electron chi connectivity index (χ2n) is 6.00. The molecule has 1 N–H and O–H groups in total. The van der Waals surface area contributed by atoms with Gasteiger partial charge in [-0.25, -0.2) is 17.2 Å². The summed E-state index contributed by atoms with van der Waals surface area (Å²) in [6.45, 7) is 3.43. The number of amides is 1. The molecule has 0 atom stereocenters. The van der Waals surface area contributed by atoms with Crippen LogP contribution in [0.1, 0.15) is 17.5 Å². The number of hydrogen-bond donors (Lipinski definition) is 1. The second-order valence-corrected chi connectivity index (χ2v) is 7.90. The molecule has 2 rings (SSSR count). The first-order chi connectivity index (χ1) is 12.1. The van der Waals surface area contributed by atoms with Crippen LogP contribution in [-0.4, -0.2) is 27.1 Å². The molecule has 140 valence electrons. The van der Waals surface area contributed by atoms with Gasteiger partial charge in [0.15, 0.2) is 0 Å². The SMILES string of the molecule is Cc1cccc(C)c1NC(=O)CCN(c1ccc(F)cc1F)S(C)(=O)=O. The number of hydrogen-bond acceptors (Lipinski definition) is 3. The maximum absolute atomic E-state index is 14.0. The Morgan fingerprint density at radius 3 is 2.27 bits per heavy atom. The van der Waals surface area contributed by atoms with E-state index >= 15 is 0 Å². The van der Waals surface area contributed by atoms with Gasteiger partial charge in [0.25, 0.3) is 0 Å². The third-order valence-electron chi connectivity index (χ3n) is 3.87. The second kappa shape index (κ2) is 7.82. The molecule has 5 nitrogen and oxygen atoms in total. The fourth-order valence-electron chi connectivity index (χ4n) is 2.57. The molecular weight excluding hydrogens is 362 g/mol. The third kappa shape index (κ3) is 4.78. The highest BCUT2D eigenvalue weighted by molar-refractivity contribution is 7.92. The molecule has 0 spiro atoms. The Kier molecular flexibility index (Phi) is 5.97. The summed E-state index contributed by atoms with van der Waals surface area (Å²) in [6, 6.07) is 8.16. The number of anilines is 2. The number of aryl methyl sites for hydroxylation is 2. The summed E-state index contributed by atoms with van der Waals surface area (Å²) in [4.78, 5) is 12.2. The summed E-state index contributed by atoms with van der Waals surface area (Å²) < 4.78 is 51.7. The zero-order valence-electron chi connectivity index (χ0n) is 14.7. The predicted molar refractivity (Wildman–Crippen MR) is 97.7 cm³/mol. The largest absolute Gasteiger partial charge is 0.326 e. The van der Waals surface area contributed by atoms with E-state index < -0.39 is 27.6 Å². The Bertz CT molecular complexity index is 910. The van der Waals surface area contributed by atoms with Gasteiger partial charge in [0, 0.05) is 24.7 Å². The summed E-state index contributed by atoms with van der Waals surface area (Å²) in [5, 5.41) is 2.75. The number of halogens is 2. The van der Waals surface area contributed by atoms with Crippen molar-refractivity contribution in [1.29, 1.82) is 0 Å². The van der Waals surface area contributed by atoms with Gasteiger partial charge in [-0.3, -0.25) is 9.10 Å². The molecule has 0 heterocycles. The number of sulfonamides is 1. The van der Waals surface area contributed by atoms with Crippen molar-refractivity contribution in [2.75, 3.05) is 22.4 Å². The smallest absolute Gasteiger partial charge is 0.232 e. The number of rotatable bonds is 6. The van der Waals surface area contributed by atoms with E-state index in [1.54, 1.807) is 0 Å². The van der Waals surface area contributed by atoms with Crippen molar-refractivity contribution in [3.63, 3.8) is 0 Å². The van der Waals surface area contributed by atoms with Gasteiger partial charge in [0.1, 0.15) is 11.6 Å². The van der Waals surface area contributed by atoms with Crippen LogP contribution in [0.5, 0.6) is 0 Å². The molecule has 26 heavy (non-hydrogen) atoms. The molecule has 0 aliphatic heterocycles. The summed E-state index contributed by atoms with van der Waals surface area (Å²) in [7, 11) is -3.85. The number of benzene rings is 2. The first-order valence-electron chi connectivity index (χ1n) is 7.88. The van der Waals surface area contributed by atoms with E-state index in [2.05, 4.69) is 5.32 Å². The van der Waals surface area contributed by atoms with Crippen LogP contribution in [0.15, 0.2) is 36.4 Å². The lowest BCUT2D eigenvalue weighted by atomic mass is 10.1. The van der Waals surface area contributed by atoms with Gasteiger partial charge in [0.2, 0.25) is 15.9 Å². The normalized spacial score (nSPS) is 11.3. The monoisotopic (exact) mass is 382 g/mol. The van der Waals surface area contributed by atoms with Crippen molar-refractivity contribution in [2.24, 2.45) is 0 Å². The van der Waals surface area contributed by atoms with Crippen LogP contribution in [0.3, 0.4) is 0 Å². The van der Waals surface area contributed by atoms with E-state index in [-0.39, 0.29) is 18.7 Å². The Morgan fingerprint density at radius 1 is 1.12 bits per heavy atom. The van der Waals surface area contributed by atoms with Gasteiger partial charge in [-0.05, 0) is 37.1 Å². The number of carbonyl (C=O) groups is 1. The zero-order chi connectivity index (χ0) is 19.5. The third-order valence-corrected chi connectivity index (χ3v) is 5.05. The Labute approximate surface area is 151 Å². The highest BCUT2D eigenvalue weighted by Crippen LogP contribution is 2.23. The lowest BCUT2D eigenvalue weighted by Gasteiger charge is -2.23. The molecule has 0 saturated carbocycles. The minimum Gasteiger partial charge on any atom is -0.326 e. The van der Waals surface area contributed by atoms with Crippen molar-refractivity contribution < 1.29 is 22.0 Å². The molecule has 1 amide bonds. The molecule has 0 aromatic heterocycles. The maximum Gasteiger partial charge on any atom is 0.232 e. The molecule has 0 saturated heterocycles.